The van der Waals surface area contributed by atoms with Crippen molar-refractivity contribution < 1.29 is 13.2 Å². The highest BCUT2D eigenvalue weighted by atomic mass is 35.5. The number of sulfonamides is 1. The molecule has 2 aromatic rings. The fraction of sp³-hybridized carbons (Fsp3) is 0.263. The molecular weight excluding hydrogens is 400 g/mol. The first kappa shape index (κ1) is 20.3. The van der Waals surface area contributed by atoms with Crippen LogP contribution in [0.3, 0.4) is 0 Å². The number of benzene rings is 2. The molecule has 0 aliphatic carbocycles. The molecule has 2 aliphatic heterocycles. The van der Waals surface area contributed by atoms with Crippen LogP contribution in [0.4, 0.5) is 5.69 Å². The molecule has 0 bridgehead atoms. The fourth-order valence-electron chi connectivity index (χ4n) is 3.54. The van der Waals surface area contributed by atoms with Gasteiger partial charge in [-0.1, -0.05) is 12.1 Å². The van der Waals surface area contributed by atoms with E-state index >= 15 is 0 Å². The summed E-state index contributed by atoms with van der Waals surface area (Å²) in [6.45, 7) is 1.20. The summed E-state index contributed by atoms with van der Waals surface area (Å²) in [5, 5.41) is 3.03. The molecule has 4 rings (SSSR count). The Morgan fingerprint density at radius 2 is 1.89 bits per heavy atom. The number of carbonyl (C=O) groups excluding carboxylic acids is 1. The predicted octanol–water partition coefficient (Wildman–Crippen LogP) is 2.23. The van der Waals surface area contributed by atoms with Crippen LogP contribution in [-0.2, 0) is 10.0 Å². The van der Waals surface area contributed by atoms with E-state index in [1.165, 1.54) is 6.07 Å². The van der Waals surface area contributed by atoms with Gasteiger partial charge in [-0.3, -0.25) is 4.79 Å². The van der Waals surface area contributed by atoms with E-state index in [9.17, 15) is 13.2 Å². The Hall–Kier alpha value is -2.42. The average Bonchev–Trinajstić information content (AvgIpc) is 3.25. The van der Waals surface area contributed by atoms with Gasteiger partial charge >= 0.3 is 0 Å². The molecule has 148 valence electrons. The second-order valence-corrected chi connectivity index (χ2v) is 8.22. The van der Waals surface area contributed by atoms with Gasteiger partial charge in [-0.25, -0.2) is 0 Å². The van der Waals surface area contributed by atoms with Crippen LogP contribution >= 0.6 is 12.4 Å². The summed E-state index contributed by atoms with van der Waals surface area (Å²) in [6, 6.07) is 13.7. The van der Waals surface area contributed by atoms with Gasteiger partial charge in [0.25, 0.3) is 15.9 Å². The Bertz CT molecular complexity index is 1020. The molecule has 1 atom stereocenters. The molecule has 2 aliphatic rings. The molecule has 0 aromatic heterocycles. The van der Waals surface area contributed by atoms with Gasteiger partial charge in [0.15, 0.2) is 5.84 Å². The zero-order chi connectivity index (χ0) is 19.0. The first-order valence-electron chi connectivity index (χ1n) is 8.82. The Morgan fingerprint density at radius 3 is 2.61 bits per heavy atom. The number of likely N-dealkylation sites (tertiary alicyclic amines) is 1. The van der Waals surface area contributed by atoms with Gasteiger partial charge in [0.1, 0.15) is 4.90 Å². The van der Waals surface area contributed by atoms with E-state index in [0.717, 1.165) is 19.4 Å². The third-order valence-corrected chi connectivity index (χ3v) is 6.27. The minimum absolute atomic E-state index is 0. The minimum Gasteiger partial charge on any atom is -0.339 e. The number of anilines is 1. The van der Waals surface area contributed by atoms with Gasteiger partial charge in [0, 0.05) is 35.9 Å². The van der Waals surface area contributed by atoms with Crippen LogP contribution in [0.2, 0.25) is 0 Å². The summed E-state index contributed by atoms with van der Waals surface area (Å²) < 4.78 is 28.0. The lowest BCUT2D eigenvalue weighted by Crippen LogP contribution is -2.39. The summed E-state index contributed by atoms with van der Waals surface area (Å²) in [7, 11) is -3.66. The number of nitrogens with zero attached hydrogens (tertiary/aromatic N) is 2. The Labute approximate surface area is 170 Å². The Kier molecular flexibility index (Phi) is 5.74. The molecule has 0 radical (unpaired) electrons. The normalized spacial score (nSPS) is 19.5. The van der Waals surface area contributed by atoms with Crippen LogP contribution < -0.4 is 11.1 Å². The van der Waals surface area contributed by atoms with Crippen molar-refractivity contribution in [3.05, 3.63) is 59.7 Å². The van der Waals surface area contributed by atoms with Gasteiger partial charge in [0.2, 0.25) is 0 Å². The van der Waals surface area contributed by atoms with Crippen molar-refractivity contribution in [1.82, 2.24) is 4.90 Å². The number of nitrogens with two attached hydrogens (primary N) is 1. The van der Waals surface area contributed by atoms with Crippen molar-refractivity contribution in [2.75, 3.05) is 18.4 Å². The molecule has 1 saturated heterocycles. The molecule has 9 heteroatoms. The number of rotatable bonds is 3. The van der Waals surface area contributed by atoms with Crippen LogP contribution in [0, 0.1) is 0 Å². The second kappa shape index (κ2) is 7.90. The fourth-order valence-corrected chi connectivity index (χ4v) is 4.72. The SMILES string of the molecule is Cl.NCC1CCCN1C(=O)c1ccc(NC2=NS(=O)(=O)c3ccccc32)cc1. The predicted molar refractivity (Wildman–Crippen MR) is 111 cm³/mol. The third-order valence-electron chi connectivity index (χ3n) is 4.94. The third kappa shape index (κ3) is 3.63. The average molecular weight is 421 g/mol. The maximum atomic E-state index is 12.7. The molecule has 0 spiro atoms. The van der Waals surface area contributed by atoms with Crippen molar-refractivity contribution in [2.24, 2.45) is 10.1 Å². The molecule has 0 saturated carbocycles. The first-order valence-corrected chi connectivity index (χ1v) is 10.3. The minimum atomic E-state index is -3.66. The summed E-state index contributed by atoms with van der Waals surface area (Å²) in [5.74, 6) is 0.257. The quantitative estimate of drug-likeness (QED) is 0.792. The number of carbonyl (C=O) groups is 1. The van der Waals surface area contributed by atoms with Gasteiger partial charge < -0.3 is 16.0 Å². The van der Waals surface area contributed by atoms with E-state index in [4.69, 9.17) is 5.73 Å². The van der Waals surface area contributed by atoms with Crippen molar-refractivity contribution in [3.63, 3.8) is 0 Å². The number of fused-ring (bicyclic) bond motifs is 1. The highest BCUT2D eigenvalue weighted by molar-refractivity contribution is 7.90. The van der Waals surface area contributed by atoms with E-state index < -0.39 is 10.0 Å². The lowest BCUT2D eigenvalue weighted by Gasteiger charge is -2.23. The van der Waals surface area contributed by atoms with Crippen LogP contribution in [0.15, 0.2) is 57.8 Å². The molecular formula is C19H21ClN4O3S. The van der Waals surface area contributed by atoms with Crippen molar-refractivity contribution in [3.8, 4) is 0 Å². The van der Waals surface area contributed by atoms with Crippen LogP contribution in [0.1, 0.15) is 28.8 Å². The van der Waals surface area contributed by atoms with E-state index in [1.54, 1.807) is 42.5 Å². The molecule has 1 unspecified atom stereocenters. The molecule has 2 aromatic carbocycles. The smallest absolute Gasteiger partial charge is 0.285 e. The Balaban J connectivity index is 0.00000225. The summed E-state index contributed by atoms with van der Waals surface area (Å²) in [6.07, 6.45) is 1.91. The lowest BCUT2D eigenvalue weighted by molar-refractivity contribution is 0.0741. The van der Waals surface area contributed by atoms with Crippen molar-refractivity contribution >= 4 is 39.9 Å². The number of hydrogen-bond acceptors (Lipinski definition) is 5. The molecule has 1 fully saturated rings. The molecule has 3 N–H and O–H groups in total. The molecule has 1 amide bonds. The summed E-state index contributed by atoms with van der Waals surface area (Å²) >= 11 is 0. The number of nitrogens with one attached hydrogen (secondary N) is 1. The van der Waals surface area contributed by atoms with E-state index in [0.29, 0.717) is 23.4 Å². The zero-order valence-electron chi connectivity index (χ0n) is 15.0. The molecule has 2 heterocycles. The number of halogens is 1. The second-order valence-electron chi connectivity index (χ2n) is 6.64. The zero-order valence-corrected chi connectivity index (χ0v) is 16.7. The van der Waals surface area contributed by atoms with Crippen LogP contribution in [0.25, 0.3) is 0 Å². The maximum Gasteiger partial charge on any atom is 0.285 e. The summed E-state index contributed by atoms with van der Waals surface area (Å²) in [5.41, 5.74) is 7.54. The largest absolute Gasteiger partial charge is 0.339 e. The van der Waals surface area contributed by atoms with Gasteiger partial charge in [0.05, 0.1) is 0 Å². The standard InChI is InChI=1S/C19H20N4O3S.ClH/c20-12-15-4-3-11-23(15)19(24)13-7-9-14(10-8-13)21-18-16-5-1-2-6-17(16)27(25,26)22-18;/h1-2,5-10,15H,3-4,11-12,20H2,(H,21,22);1H. The van der Waals surface area contributed by atoms with Crippen LogP contribution in [0.5, 0.6) is 0 Å². The van der Waals surface area contributed by atoms with E-state index in [-0.39, 0.29) is 35.1 Å². The topological polar surface area (TPSA) is 105 Å². The molecule has 28 heavy (non-hydrogen) atoms. The van der Waals surface area contributed by atoms with Gasteiger partial charge in [-0.2, -0.15) is 8.42 Å². The number of hydrogen-bond donors (Lipinski definition) is 2. The lowest BCUT2D eigenvalue weighted by atomic mass is 10.1. The maximum absolute atomic E-state index is 12.7. The highest BCUT2D eigenvalue weighted by Gasteiger charge is 2.29. The number of amidine groups is 1. The van der Waals surface area contributed by atoms with Gasteiger partial charge in [-0.05, 0) is 49.2 Å². The van der Waals surface area contributed by atoms with Gasteiger partial charge in [-0.15, -0.1) is 16.8 Å². The van der Waals surface area contributed by atoms with E-state index in [1.807, 2.05) is 4.90 Å². The van der Waals surface area contributed by atoms with E-state index in [2.05, 4.69) is 9.71 Å². The summed E-state index contributed by atoms with van der Waals surface area (Å²) in [4.78, 5) is 14.7. The van der Waals surface area contributed by atoms with Crippen LogP contribution in [-0.4, -0.2) is 44.2 Å². The highest BCUT2D eigenvalue weighted by Crippen LogP contribution is 2.27. The number of amides is 1. The Morgan fingerprint density at radius 1 is 1.18 bits per heavy atom. The molecule has 7 nitrogen and oxygen atoms in total. The first-order chi connectivity index (χ1) is 13.0. The monoisotopic (exact) mass is 420 g/mol. The van der Waals surface area contributed by atoms with Crippen molar-refractivity contribution in [1.29, 1.82) is 0 Å². The van der Waals surface area contributed by atoms with Crippen molar-refractivity contribution in [2.45, 2.75) is 23.8 Å².